The SMILES string of the molecule is CC(C)c1ncc2ocnc2n1. The van der Waals surface area contributed by atoms with E-state index < -0.39 is 0 Å². The molecular formula is C8H9N3O. The first-order valence-corrected chi connectivity index (χ1v) is 3.83. The quantitative estimate of drug-likeness (QED) is 0.642. The first-order chi connectivity index (χ1) is 5.77. The molecule has 0 N–H and O–H groups in total. The number of nitrogens with zero attached hydrogens (tertiary/aromatic N) is 3. The standard InChI is InChI=1S/C8H9N3O/c1-5(2)7-9-3-6-8(11-7)10-4-12-6/h3-5H,1-2H3. The second kappa shape index (κ2) is 2.55. The number of rotatable bonds is 1. The molecule has 0 spiro atoms. The fourth-order valence-corrected chi connectivity index (χ4v) is 0.962. The molecule has 0 radical (unpaired) electrons. The van der Waals surface area contributed by atoms with Crippen molar-refractivity contribution >= 4 is 11.2 Å². The van der Waals surface area contributed by atoms with Crippen LogP contribution in [0, 0.1) is 0 Å². The number of aromatic nitrogens is 3. The van der Waals surface area contributed by atoms with E-state index in [0.717, 1.165) is 5.82 Å². The van der Waals surface area contributed by atoms with E-state index in [4.69, 9.17) is 4.42 Å². The van der Waals surface area contributed by atoms with Crippen molar-refractivity contribution in [2.75, 3.05) is 0 Å². The fraction of sp³-hybridized carbons (Fsp3) is 0.375. The first-order valence-electron chi connectivity index (χ1n) is 3.83. The second-order valence-electron chi connectivity index (χ2n) is 2.92. The van der Waals surface area contributed by atoms with Gasteiger partial charge in [-0.1, -0.05) is 13.8 Å². The molecule has 0 bridgehead atoms. The van der Waals surface area contributed by atoms with E-state index in [1.165, 1.54) is 6.39 Å². The summed E-state index contributed by atoms with van der Waals surface area (Å²) in [5, 5.41) is 0. The van der Waals surface area contributed by atoms with E-state index in [0.29, 0.717) is 17.1 Å². The van der Waals surface area contributed by atoms with Crippen LogP contribution in [0.1, 0.15) is 25.6 Å². The lowest BCUT2D eigenvalue weighted by Crippen LogP contribution is -1.96. The van der Waals surface area contributed by atoms with Crippen molar-refractivity contribution in [2.24, 2.45) is 0 Å². The minimum Gasteiger partial charge on any atom is -0.440 e. The van der Waals surface area contributed by atoms with Crippen LogP contribution in [0.5, 0.6) is 0 Å². The van der Waals surface area contributed by atoms with Crippen LogP contribution >= 0.6 is 0 Å². The first kappa shape index (κ1) is 7.21. The van der Waals surface area contributed by atoms with Gasteiger partial charge in [0.05, 0.1) is 6.20 Å². The van der Waals surface area contributed by atoms with E-state index in [1.54, 1.807) is 6.20 Å². The molecule has 12 heavy (non-hydrogen) atoms. The number of oxazole rings is 1. The zero-order valence-corrected chi connectivity index (χ0v) is 6.98. The molecule has 2 rings (SSSR count). The Morgan fingerprint density at radius 3 is 2.92 bits per heavy atom. The maximum absolute atomic E-state index is 5.02. The van der Waals surface area contributed by atoms with Gasteiger partial charge in [-0.25, -0.2) is 9.97 Å². The Morgan fingerprint density at radius 2 is 2.17 bits per heavy atom. The Kier molecular flexibility index (Phi) is 1.53. The van der Waals surface area contributed by atoms with Gasteiger partial charge >= 0.3 is 0 Å². The maximum Gasteiger partial charge on any atom is 0.201 e. The minimum atomic E-state index is 0.325. The molecule has 0 aromatic carbocycles. The highest BCUT2D eigenvalue weighted by atomic mass is 16.3. The van der Waals surface area contributed by atoms with E-state index >= 15 is 0 Å². The van der Waals surface area contributed by atoms with Gasteiger partial charge in [-0.3, -0.25) is 0 Å². The van der Waals surface area contributed by atoms with Crippen LogP contribution in [-0.2, 0) is 0 Å². The van der Waals surface area contributed by atoms with Crippen molar-refractivity contribution in [3.8, 4) is 0 Å². The zero-order valence-electron chi connectivity index (χ0n) is 6.98. The number of fused-ring (bicyclic) bond motifs is 1. The van der Waals surface area contributed by atoms with Crippen molar-refractivity contribution in [1.82, 2.24) is 15.0 Å². The lowest BCUT2D eigenvalue weighted by molar-refractivity contribution is 0.599. The topological polar surface area (TPSA) is 51.8 Å². The number of hydrogen-bond donors (Lipinski definition) is 0. The molecule has 0 aliphatic carbocycles. The molecular weight excluding hydrogens is 154 g/mol. The van der Waals surface area contributed by atoms with Gasteiger partial charge in [-0.15, -0.1) is 0 Å². The molecule has 62 valence electrons. The smallest absolute Gasteiger partial charge is 0.201 e. The van der Waals surface area contributed by atoms with Crippen LogP contribution in [0.4, 0.5) is 0 Å². The summed E-state index contributed by atoms with van der Waals surface area (Å²) in [7, 11) is 0. The Hall–Kier alpha value is -1.45. The van der Waals surface area contributed by atoms with Gasteiger partial charge in [-0.2, -0.15) is 4.98 Å². The van der Waals surface area contributed by atoms with Crippen molar-refractivity contribution in [3.63, 3.8) is 0 Å². The zero-order chi connectivity index (χ0) is 8.55. The highest BCUT2D eigenvalue weighted by Crippen LogP contribution is 2.12. The summed E-state index contributed by atoms with van der Waals surface area (Å²) in [5.41, 5.74) is 1.27. The molecule has 2 aromatic heterocycles. The van der Waals surface area contributed by atoms with E-state index in [9.17, 15) is 0 Å². The van der Waals surface area contributed by atoms with Gasteiger partial charge < -0.3 is 4.42 Å². The van der Waals surface area contributed by atoms with Gasteiger partial charge in [0.1, 0.15) is 5.82 Å². The normalized spacial score (nSPS) is 11.2. The predicted octanol–water partition coefficient (Wildman–Crippen LogP) is 1.74. The highest BCUT2D eigenvalue weighted by Gasteiger charge is 2.05. The van der Waals surface area contributed by atoms with Gasteiger partial charge in [0, 0.05) is 5.92 Å². The molecule has 0 unspecified atom stereocenters. The van der Waals surface area contributed by atoms with Crippen molar-refractivity contribution < 1.29 is 4.42 Å². The summed E-state index contributed by atoms with van der Waals surface area (Å²) < 4.78 is 5.02. The lowest BCUT2D eigenvalue weighted by atomic mass is 10.2. The fourth-order valence-electron chi connectivity index (χ4n) is 0.962. The van der Waals surface area contributed by atoms with Crippen LogP contribution in [0.25, 0.3) is 11.2 Å². The van der Waals surface area contributed by atoms with E-state index in [2.05, 4.69) is 15.0 Å². The van der Waals surface area contributed by atoms with E-state index in [1.807, 2.05) is 13.8 Å². The maximum atomic E-state index is 5.02. The highest BCUT2D eigenvalue weighted by molar-refractivity contribution is 5.65. The number of hydrogen-bond acceptors (Lipinski definition) is 4. The third kappa shape index (κ3) is 1.05. The van der Waals surface area contributed by atoms with Crippen molar-refractivity contribution in [2.45, 2.75) is 19.8 Å². The summed E-state index contributed by atoms with van der Waals surface area (Å²) in [6.45, 7) is 4.09. The molecule has 2 heterocycles. The summed E-state index contributed by atoms with van der Waals surface area (Å²) in [6.07, 6.45) is 3.04. The molecule has 0 amide bonds. The molecule has 0 fully saturated rings. The average molecular weight is 163 g/mol. The second-order valence-corrected chi connectivity index (χ2v) is 2.92. The van der Waals surface area contributed by atoms with Crippen LogP contribution in [-0.4, -0.2) is 15.0 Å². The van der Waals surface area contributed by atoms with Crippen molar-refractivity contribution in [3.05, 3.63) is 18.4 Å². The third-order valence-corrected chi connectivity index (χ3v) is 1.63. The van der Waals surface area contributed by atoms with Crippen molar-refractivity contribution in [1.29, 1.82) is 0 Å². The molecule has 0 saturated heterocycles. The van der Waals surface area contributed by atoms with Gasteiger partial charge in [0.2, 0.25) is 5.65 Å². The molecule has 4 heteroatoms. The Bertz CT molecular complexity index is 394. The van der Waals surface area contributed by atoms with Crippen LogP contribution in [0.2, 0.25) is 0 Å². The monoisotopic (exact) mass is 163 g/mol. The molecule has 0 aliphatic rings. The Balaban J connectivity index is 2.60. The van der Waals surface area contributed by atoms with E-state index in [-0.39, 0.29) is 0 Å². The lowest BCUT2D eigenvalue weighted by Gasteiger charge is -1.99. The third-order valence-electron chi connectivity index (χ3n) is 1.63. The molecule has 2 aromatic rings. The summed E-state index contributed by atoms with van der Waals surface area (Å²) in [5.74, 6) is 1.13. The van der Waals surface area contributed by atoms with Crippen LogP contribution in [0.3, 0.4) is 0 Å². The molecule has 0 aliphatic heterocycles. The molecule has 0 saturated carbocycles. The van der Waals surface area contributed by atoms with Crippen LogP contribution in [0.15, 0.2) is 17.0 Å². The largest absolute Gasteiger partial charge is 0.440 e. The van der Waals surface area contributed by atoms with Gasteiger partial charge in [0.25, 0.3) is 0 Å². The van der Waals surface area contributed by atoms with Gasteiger partial charge in [0.15, 0.2) is 12.0 Å². The average Bonchev–Trinajstić information content (AvgIpc) is 2.49. The molecule has 4 nitrogen and oxygen atoms in total. The van der Waals surface area contributed by atoms with Crippen LogP contribution < -0.4 is 0 Å². The summed E-state index contributed by atoms with van der Waals surface area (Å²) in [4.78, 5) is 12.3. The Morgan fingerprint density at radius 1 is 1.33 bits per heavy atom. The van der Waals surface area contributed by atoms with Gasteiger partial charge in [-0.05, 0) is 0 Å². The minimum absolute atomic E-state index is 0.325. The summed E-state index contributed by atoms with van der Waals surface area (Å²) in [6, 6.07) is 0. The molecule has 0 atom stereocenters. The Labute approximate surface area is 69.7 Å². The summed E-state index contributed by atoms with van der Waals surface area (Å²) >= 11 is 0. The predicted molar refractivity (Wildman–Crippen MR) is 43.7 cm³/mol.